The van der Waals surface area contributed by atoms with E-state index in [9.17, 15) is 14.0 Å². The summed E-state index contributed by atoms with van der Waals surface area (Å²) < 4.78 is 15.5. The predicted molar refractivity (Wildman–Crippen MR) is 88.7 cm³/mol. The minimum absolute atomic E-state index is 0.0556. The Morgan fingerprint density at radius 2 is 2.04 bits per heavy atom. The molecule has 1 N–H and O–H groups in total. The Hall–Kier alpha value is -2.54. The second-order valence-corrected chi connectivity index (χ2v) is 5.78. The Balaban J connectivity index is 1.83. The van der Waals surface area contributed by atoms with Crippen LogP contribution in [0.4, 0.5) is 10.1 Å². The van der Waals surface area contributed by atoms with Gasteiger partial charge in [-0.05, 0) is 30.3 Å². The summed E-state index contributed by atoms with van der Waals surface area (Å²) in [4.78, 5) is 28.5. The number of amides is 1. The largest absolute Gasteiger partial charge is 0.322 e. The van der Waals surface area contributed by atoms with Gasteiger partial charge in [0.1, 0.15) is 12.4 Å². The molecule has 0 atom stereocenters. The zero-order chi connectivity index (χ0) is 16.4. The minimum atomic E-state index is -0.559. The van der Waals surface area contributed by atoms with Gasteiger partial charge in [0.25, 0.3) is 5.56 Å². The van der Waals surface area contributed by atoms with Gasteiger partial charge in [0.15, 0.2) is 0 Å². The van der Waals surface area contributed by atoms with E-state index in [4.69, 9.17) is 0 Å². The quantitative estimate of drug-likeness (QED) is 0.765. The molecule has 116 valence electrons. The van der Waals surface area contributed by atoms with Crippen LogP contribution in [0.5, 0.6) is 0 Å². The normalized spacial score (nSPS) is 10.7. The number of nitrogens with one attached hydrogen (secondary N) is 1. The summed E-state index contributed by atoms with van der Waals surface area (Å²) >= 11 is 3.14. The highest BCUT2D eigenvalue weighted by Crippen LogP contribution is 2.19. The van der Waals surface area contributed by atoms with Crippen LogP contribution in [-0.2, 0) is 11.3 Å². The SMILES string of the molecule is O=C(Cn1cnc2ccccc2c1=O)Nc1ccc(Br)cc1F. The van der Waals surface area contributed by atoms with E-state index < -0.39 is 11.7 Å². The highest BCUT2D eigenvalue weighted by Gasteiger charge is 2.10. The summed E-state index contributed by atoms with van der Waals surface area (Å²) in [5.74, 6) is -1.07. The lowest BCUT2D eigenvalue weighted by atomic mass is 10.2. The maximum Gasteiger partial charge on any atom is 0.261 e. The molecule has 1 aromatic heterocycles. The third-order valence-corrected chi connectivity index (χ3v) is 3.74. The van der Waals surface area contributed by atoms with Gasteiger partial charge in [-0.15, -0.1) is 0 Å². The molecule has 3 rings (SSSR count). The Morgan fingerprint density at radius 3 is 2.83 bits per heavy atom. The number of hydrogen-bond acceptors (Lipinski definition) is 3. The number of halogens is 2. The summed E-state index contributed by atoms with van der Waals surface area (Å²) in [5.41, 5.74) is 0.301. The van der Waals surface area contributed by atoms with Gasteiger partial charge in [0.05, 0.1) is 22.9 Å². The monoisotopic (exact) mass is 375 g/mol. The van der Waals surface area contributed by atoms with Crippen molar-refractivity contribution < 1.29 is 9.18 Å². The number of para-hydroxylation sites is 1. The van der Waals surface area contributed by atoms with E-state index >= 15 is 0 Å². The molecule has 0 aliphatic heterocycles. The molecule has 7 heteroatoms. The van der Waals surface area contributed by atoms with Gasteiger partial charge in [0.2, 0.25) is 5.91 Å². The summed E-state index contributed by atoms with van der Waals surface area (Å²) in [7, 11) is 0. The number of nitrogens with zero attached hydrogens (tertiary/aromatic N) is 2. The van der Waals surface area contributed by atoms with Crippen molar-refractivity contribution >= 4 is 38.4 Å². The number of carbonyl (C=O) groups excluding carboxylic acids is 1. The zero-order valence-corrected chi connectivity index (χ0v) is 13.4. The molecular formula is C16H11BrFN3O2. The molecule has 3 aromatic rings. The van der Waals surface area contributed by atoms with Crippen molar-refractivity contribution in [3.8, 4) is 0 Å². The molecule has 0 spiro atoms. The molecule has 0 bridgehead atoms. The molecule has 0 unspecified atom stereocenters. The van der Waals surface area contributed by atoms with Crippen molar-refractivity contribution in [2.75, 3.05) is 5.32 Å². The first-order valence-electron chi connectivity index (χ1n) is 6.73. The maximum atomic E-state index is 13.7. The van der Waals surface area contributed by atoms with E-state index in [1.165, 1.54) is 23.0 Å². The van der Waals surface area contributed by atoms with Crippen LogP contribution in [0.2, 0.25) is 0 Å². The van der Waals surface area contributed by atoms with Gasteiger partial charge in [-0.2, -0.15) is 0 Å². The first kappa shape index (κ1) is 15.4. The molecule has 23 heavy (non-hydrogen) atoms. The first-order chi connectivity index (χ1) is 11.0. The molecule has 5 nitrogen and oxygen atoms in total. The van der Waals surface area contributed by atoms with Gasteiger partial charge in [-0.1, -0.05) is 28.1 Å². The second kappa shape index (κ2) is 6.29. The van der Waals surface area contributed by atoms with Crippen LogP contribution >= 0.6 is 15.9 Å². The molecule has 1 amide bonds. The molecule has 1 heterocycles. The minimum Gasteiger partial charge on any atom is -0.322 e. The highest BCUT2D eigenvalue weighted by molar-refractivity contribution is 9.10. The predicted octanol–water partition coefficient (Wildman–Crippen LogP) is 2.94. The number of hydrogen-bond donors (Lipinski definition) is 1. The summed E-state index contributed by atoms with van der Waals surface area (Å²) in [5, 5.41) is 2.87. The van der Waals surface area contributed by atoms with Gasteiger partial charge in [-0.3, -0.25) is 14.2 Å². The fourth-order valence-electron chi connectivity index (χ4n) is 2.15. The van der Waals surface area contributed by atoms with E-state index in [1.54, 1.807) is 30.3 Å². The number of rotatable bonds is 3. The van der Waals surface area contributed by atoms with Crippen LogP contribution in [-0.4, -0.2) is 15.5 Å². The lowest BCUT2D eigenvalue weighted by Gasteiger charge is -2.09. The fourth-order valence-corrected chi connectivity index (χ4v) is 2.49. The molecule has 0 fully saturated rings. The van der Waals surface area contributed by atoms with Crippen LogP contribution in [0.25, 0.3) is 10.9 Å². The molecule has 0 saturated carbocycles. The molecule has 0 radical (unpaired) electrons. The number of anilines is 1. The second-order valence-electron chi connectivity index (χ2n) is 4.87. The highest BCUT2D eigenvalue weighted by atomic mass is 79.9. The van der Waals surface area contributed by atoms with Crippen molar-refractivity contribution in [2.45, 2.75) is 6.54 Å². The van der Waals surface area contributed by atoms with Crippen molar-refractivity contribution in [3.63, 3.8) is 0 Å². The van der Waals surface area contributed by atoms with Gasteiger partial charge < -0.3 is 5.32 Å². The third kappa shape index (κ3) is 3.29. The Kier molecular flexibility index (Phi) is 4.20. The van der Waals surface area contributed by atoms with Crippen molar-refractivity contribution in [3.05, 3.63) is 69.4 Å². The van der Waals surface area contributed by atoms with E-state index in [-0.39, 0.29) is 17.8 Å². The lowest BCUT2D eigenvalue weighted by molar-refractivity contribution is -0.116. The topological polar surface area (TPSA) is 64.0 Å². The lowest BCUT2D eigenvalue weighted by Crippen LogP contribution is -2.28. The maximum absolute atomic E-state index is 13.7. The van der Waals surface area contributed by atoms with Crippen molar-refractivity contribution in [1.29, 1.82) is 0 Å². The van der Waals surface area contributed by atoms with Crippen LogP contribution in [0, 0.1) is 5.82 Å². The average Bonchev–Trinajstić information content (AvgIpc) is 2.53. The fraction of sp³-hybridized carbons (Fsp3) is 0.0625. The van der Waals surface area contributed by atoms with Crippen LogP contribution in [0.15, 0.2) is 58.1 Å². The number of aromatic nitrogens is 2. The smallest absolute Gasteiger partial charge is 0.261 e. The van der Waals surface area contributed by atoms with E-state index in [2.05, 4.69) is 26.2 Å². The third-order valence-electron chi connectivity index (χ3n) is 3.25. The summed E-state index contributed by atoms with van der Waals surface area (Å²) in [6.07, 6.45) is 1.31. The first-order valence-corrected chi connectivity index (χ1v) is 7.53. The zero-order valence-electron chi connectivity index (χ0n) is 11.8. The molecular weight excluding hydrogens is 365 g/mol. The Morgan fingerprint density at radius 1 is 1.26 bits per heavy atom. The molecule has 0 saturated heterocycles. The van der Waals surface area contributed by atoms with Crippen molar-refractivity contribution in [2.24, 2.45) is 0 Å². The summed E-state index contributed by atoms with van der Waals surface area (Å²) in [6.45, 7) is -0.244. The number of benzene rings is 2. The molecule has 2 aromatic carbocycles. The molecule has 0 aliphatic carbocycles. The van der Waals surface area contributed by atoms with Gasteiger partial charge in [-0.25, -0.2) is 9.37 Å². The van der Waals surface area contributed by atoms with Gasteiger partial charge >= 0.3 is 0 Å². The van der Waals surface area contributed by atoms with Crippen LogP contribution in [0.1, 0.15) is 0 Å². The Labute approximate surface area is 138 Å². The van der Waals surface area contributed by atoms with Crippen LogP contribution < -0.4 is 10.9 Å². The standard InChI is InChI=1S/C16H11BrFN3O2/c17-10-5-6-14(12(18)7-10)20-15(22)8-21-9-19-13-4-2-1-3-11(13)16(21)23/h1-7,9H,8H2,(H,20,22). The number of fused-ring (bicyclic) bond motifs is 1. The van der Waals surface area contributed by atoms with Crippen LogP contribution in [0.3, 0.4) is 0 Å². The van der Waals surface area contributed by atoms with E-state index in [1.807, 2.05) is 0 Å². The average molecular weight is 376 g/mol. The number of carbonyl (C=O) groups is 1. The molecule has 0 aliphatic rings. The van der Waals surface area contributed by atoms with Gasteiger partial charge in [0, 0.05) is 4.47 Å². The van der Waals surface area contributed by atoms with Crippen molar-refractivity contribution in [1.82, 2.24) is 9.55 Å². The summed E-state index contributed by atoms with van der Waals surface area (Å²) in [6, 6.07) is 11.2. The van der Waals surface area contributed by atoms with E-state index in [0.717, 1.165) is 0 Å². The van der Waals surface area contributed by atoms with E-state index in [0.29, 0.717) is 15.4 Å². The Bertz CT molecular complexity index is 955.